The summed E-state index contributed by atoms with van der Waals surface area (Å²) < 4.78 is 0. The molecule has 0 radical (unpaired) electrons. The molecule has 0 aliphatic rings. The number of carbonyl (C=O) groups is 1. The second kappa shape index (κ2) is 6.81. The first-order valence-electron chi connectivity index (χ1n) is 6.75. The fourth-order valence-electron chi connectivity index (χ4n) is 1.95. The Balaban J connectivity index is 2.23. The number of hydrazine groups is 1. The van der Waals surface area contributed by atoms with Crippen LogP contribution in [0.4, 0.5) is 5.82 Å². The largest absolute Gasteiger partial charge is 0.331 e. The summed E-state index contributed by atoms with van der Waals surface area (Å²) in [6, 6.07) is 9.90. The van der Waals surface area contributed by atoms with E-state index in [0.717, 1.165) is 5.56 Å². The van der Waals surface area contributed by atoms with Crippen molar-refractivity contribution in [2.75, 3.05) is 5.43 Å². The summed E-state index contributed by atoms with van der Waals surface area (Å²) in [5.41, 5.74) is 3.74. The van der Waals surface area contributed by atoms with Crippen LogP contribution in [0.1, 0.15) is 29.9 Å². The van der Waals surface area contributed by atoms with E-state index < -0.39 is 0 Å². The van der Waals surface area contributed by atoms with Crippen LogP contribution in [-0.4, -0.2) is 26.8 Å². The monoisotopic (exact) mass is 285 g/mol. The normalized spacial score (nSPS) is 10.5. The molecule has 0 unspecified atom stereocenters. The molecule has 1 heterocycles. The third-order valence-electron chi connectivity index (χ3n) is 3.08. The number of benzene rings is 1. The summed E-state index contributed by atoms with van der Waals surface area (Å²) in [5.74, 6) is 5.50. The summed E-state index contributed by atoms with van der Waals surface area (Å²) in [6.45, 7) is 4.47. The summed E-state index contributed by atoms with van der Waals surface area (Å²) in [6.07, 6.45) is 2.91. The van der Waals surface area contributed by atoms with Crippen molar-refractivity contribution in [2.24, 2.45) is 5.84 Å². The third kappa shape index (κ3) is 3.76. The zero-order valence-corrected chi connectivity index (χ0v) is 12.2. The fourth-order valence-corrected chi connectivity index (χ4v) is 1.95. The number of nitrogens with two attached hydrogens (primary N) is 1. The zero-order valence-electron chi connectivity index (χ0n) is 12.2. The van der Waals surface area contributed by atoms with E-state index in [0.29, 0.717) is 12.4 Å². The number of aromatic nitrogens is 2. The highest BCUT2D eigenvalue weighted by atomic mass is 16.2. The molecule has 0 aliphatic heterocycles. The summed E-state index contributed by atoms with van der Waals surface area (Å²) >= 11 is 0. The van der Waals surface area contributed by atoms with Crippen LogP contribution >= 0.6 is 0 Å². The van der Waals surface area contributed by atoms with Crippen molar-refractivity contribution in [1.82, 2.24) is 14.9 Å². The lowest BCUT2D eigenvalue weighted by Crippen LogP contribution is -2.37. The Kier molecular flexibility index (Phi) is 4.84. The second-order valence-electron chi connectivity index (χ2n) is 4.95. The SMILES string of the molecule is CC(C)N(Cc1ccccc1)C(=O)c1cncc(NN)n1. The van der Waals surface area contributed by atoms with Gasteiger partial charge in [0.1, 0.15) is 5.69 Å². The number of hydrogen-bond donors (Lipinski definition) is 2. The molecule has 2 rings (SSSR count). The number of anilines is 1. The van der Waals surface area contributed by atoms with Gasteiger partial charge in [0.05, 0.1) is 12.4 Å². The predicted octanol–water partition coefficient (Wildman–Crippen LogP) is 1.81. The molecule has 3 N–H and O–H groups in total. The van der Waals surface area contributed by atoms with Gasteiger partial charge in [-0.25, -0.2) is 10.8 Å². The van der Waals surface area contributed by atoms with Crippen molar-refractivity contribution in [2.45, 2.75) is 26.4 Å². The first-order chi connectivity index (χ1) is 10.1. The van der Waals surface area contributed by atoms with Crippen molar-refractivity contribution in [3.63, 3.8) is 0 Å². The van der Waals surface area contributed by atoms with Crippen molar-refractivity contribution >= 4 is 11.7 Å². The van der Waals surface area contributed by atoms with E-state index in [-0.39, 0.29) is 17.6 Å². The summed E-state index contributed by atoms with van der Waals surface area (Å²) in [4.78, 5) is 22.5. The molecular weight excluding hydrogens is 266 g/mol. The average Bonchev–Trinajstić information content (AvgIpc) is 2.52. The van der Waals surface area contributed by atoms with Gasteiger partial charge in [-0.1, -0.05) is 30.3 Å². The van der Waals surface area contributed by atoms with Crippen LogP contribution in [0.25, 0.3) is 0 Å². The standard InChI is InChI=1S/C15H19N5O/c1-11(2)20(10-12-6-4-3-5-7-12)15(21)13-8-17-9-14(18-13)19-16/h3-9,11H,10,16H2,1-2H3,(H,18,19). The smallest absolute Gasteiger partial charge is 0.274 e. The number of amides is 1. The Labute approximate surface area is 124 Å². The Morgan fingerprint density at radius 3 is 2.62 bits per heavy atom. The van der Waals surface area contributed by atoms with E-state index >= 15 is 0 Å². The molecule has 1 aromatic heterocycles. The van der Waals surface area contributed by atoms with Crippen LogP contribution in [0, 0.1) is 0 Å². The number of nitrogens with zero attached hydrogens (tertiary/aromatic N) is 3. The number of carbonyl (C=O) groups excluding carboxylic acids is 1. The van der Waals surface area contributed by atoms with Gasteiger partial charge in [-0.15, -0.1) is 0 Å². The van der Waals surface area contributed by atoms with Gasteiger partial charge in [-0.2, -0.15) is 0 Å². The molecule has 6 heteroatoms. The zero-order chi connectivity index (χ0) is 15.2. The molecule has 0 saturated carbocycles. The van der Waals surface area contributed by atoms with Gasteiger partial charge in [0.2, 0.25) is 0 Å². The number of nitrogen functional groups attached to an aromatic ring is 1. The molecule has 0 atom stereocenters. The van der Waals surface area contributed by atoms with Crippen molar-refractivity contribution in [1.29, 1.82) is 0 Å². The Morgan fingerprint density at radius 2 is 2.00 bits per heavy atom. The van der Waals surface area contributed by atoms with E-state index in [9.17, 15) is 4.79 Å². The highest BCUT2D eigenvalue weighted by molar-refractivity contribution is 5.92. The van der Waals surface area contributed by atoms with Crippen LogP contribution in [0.3, 0.4) is 0 Å². The van der Waals surface area contributed by atoms with Gasteiger partial charge in [0.25, 0.3) is 5.91 Å². The minimum absolute atomic E-state index is 0.0500. The topological polar surface area (TPSA) is 84.1 Å². The highest BCUT2D eigenvalue weighted by Crippen LogP contribution is 2.12. The molecule has 1 amide bonds. The molecular formula is C15H19N5O. The van der Waals surface area contributed by atoms with E-state index in [4.69, 9.17) is 5.84 Å². The second-order valence-corrected chi connectivity index (χ2v) is 4.95. The predicted molar refractivity (Wildman–Crippen MR) is 81.3 cm³/mol. The Hall–Kier alpha value is -2.47. The molecule has 0 bridgehead atoms. The maximum Gasteiger partial charge on any atom is 0.274 e. The first-order valence-corrected chi connectivity index (χ1v) is 6.75. The van der Waals surface area contributed by atoms with Gasteiger partial charge in [0.15, 0.2) is 5.82 Å². The summed E-state index contributed by atoms with van der Waals surface area (Å²) in [5, 5.41) is 0. The summed E-state index contributed by atoms with van der Waals surface area (Å²) in [7, 11) is 0. The van der Waals surface area contributed by atoms with Crippen molar-refractivity contribution < 1.29 is 4.79 Å². The average molecular weight is 285 g/mol. The van der Waals surface area contributed by atoms with Crippen molar-refractivity contribution in [3.05, 3.63) is 54.0 Å². The lowest BCUT2D eigenvalue weighted by molar-refractivity contribution is 0.0684. The first kappa shape index (κ1) is 14.9. The van der Waals surface area contributed by atoms with E-state index in [1.807, 2.05) is 44.2 Å². The minimum atomic E-state index is -0.168. The molecule has 0 saturated heterocycles. The number of nitrogens with one attached hydrogen (secondary N) is 1. The molecule has 21 heavy (non-hydrogen) atoms. The lowest BCUT2D eigenvalue weighted by Gasteiger charge is -2.26. The molecule has 0 spiro atoms. The maximum atomic E-state index is 12.6. The van der Waals surface area contributed by atoms with Gasteiger partial charge >= 0.3 is 0 Å². The number of rotatable bonds is 5. The molecule has 2 aromatic rings. The van der Waals surface area contributed by atoms with E-state index in [1.54, 1.807) is 4.90 Å². The van der Waals surface area contributed by atoms with Gasteiger partial charge < -0.3 is 10.3 Å². The van der Waals surface area contributed by atoms with E-state index in [2.05, 4.69) is 15.4 Å². The van der Waals surface area contributed by atoms with Gasteiger partial charge in [0, 0.05) is 12.6 Å². The van der Waals surface area contributed by atoms with E-state index in [1.165, 1.54) is 12.4 Å². The Morgan fingerprint density at radius 1 is 1.29 bits per heavy atom. The molecule has 0 fully saturated rings. The lowest BCUT2D eigenvalue weighted by atomic mass is 10.2. The van der Waals surface area contributed by atoms with Crippen LogP contribution in [0.5, 0.6) is 0 Å². The molecule has 1 aromatic carbocycles. The highest BCUT2D eigenvalue weighted by Gasteiger charge is 2.20. The molecule has 6 nitrogen and oxygen atoms in total. The van der Waals surface area contributed by atoms with Crippen LogP contribution < -0.4 is 11.3 Å². The van der Waals surface area contributed by atoms with Gasteiger partial charge in [-0.3, -0.25) is 9.78 Å². The van der Waals surface area contributed by atoms with Gasteiger partial charge in [-0.05, 0) is 19.4 Å². The third-order valence-corrected chi connectivity index (χ3v) is 3.08. The molecule has 110 valence electrons. The minimum Gasteiger partial charge on any atom is -0.331 e. The van der Waals surface area contributed by atoms with Crippen molar-refractivity contribution in [3.8, 4) is 0 Å². The van der Waals surface area contributed by atoms with Crippen LogP contribution in [0.15, 0.2) is 42.7 Å². The fraction of sp³-hybridized carbons (Fsp3) is 0.267. The Bertz CT molecular complexity index is 600. The van der Waals surface area contributed by atoms with Crippen LogP contribution in [-0.2, 0) is 6.54 Å². The molecule has 0 aliphatic carbocycles. The number of hydrogen-bond acceptors (Lipinski definition) is 5. The maximum absolute atomic E-state index is 12.6. The quantitative estimate of drug-likeness (QED) is 0.646. The van der Waals surface area contributed by atoms with Crippen LogP contribution in [0.2, 0.25) is 0 Å².